The molecular formula is C15H14ClFN2. The van der Waals surface area contributed by atoms with Gasteiger partial charge >= 0.3 is 0 Å². The number of halogens is 2. The molecule has 0 atom stereocenters. The molecule has 1 aliphatic heterocycles. The normalized spacial score (nSPS) is 13.9. The Kier molecular flexibility index (Phi) is 3.30. The zero-order chi connectivity index (χ0) is 13.2. The summed E-state index contributed by atoms with van der Waals surface area (Å²) in [6.45, 7) is 2.18. The summed E-state index contributed by atoms with van der Waals surface area (Å²) in [4.78, 5) is 2.15. The van der Waals surface area contributed by atoms with Crippen LogP contribution in [0.4, 0.5) is 15.8 Å². The van der Waals surface area contributed by atoms with Crippen molar-refractivity contribution in [2.24, 2.45) is 0 Å². The van der Waals surface area contributed by atoms with Gasteiger partial charge in [0.2, 0.25) is 0 Å². The molecule has 1 heterocycles. The van der Waals surface area contributed by atoms with Gasteiger partial charge in [-0.15, -0.1) is 0 Å². The van der Waals surface area contributed by atoms with Crippen molar-refractivity contribution >= 4 is 23.0 Å². The molecule has 0 radical (unpaired) electrons. The summed E-state index contributed by atoms with van der Waals surface area (Å²) in [5, 5.41) is 3.82. The van der Waals surface area contributed by atoms with Crippen molar-refractivity contribution in [2.75, 3.05) is 23.3 Å². The third-order valence-corrected chi connectivity index (χ3v) is 3.71. The molecule has 19 heavy (non-hydrogen) atoms. The largest absolute Gasteiger partial charge is 0.382 e. The molecule has 3 rings (SSSR count). The van der Waals surface area contributed by atoms with Gasteiger partial charge in [0.1, 0.15) is 5.82 Å². The predicted molar refractivity (Wildman–Crippen MR) is 77.4 cm³/mol. The van der Waals surface area contributed by atoms with Crippen LogP contribution in [0.2, 0.25) is 5.02 Å². The van der Waals surface area contributed by atoms with Crippen LogP contribution in [0.25, 0.3) is 0 Å². The van der Waals surface area contributed by atoms with E-state index in [0.29, 0.717) is 17.1 Å². The van der Waals surface area contributed by atoms with Crippen molar-refractivity contribution in [3.05, 3.63) is 58.9 Å². The number of nitrogens with zero attached hydrogens (tertiary/aromatic N) is 1. The predicted octanol–water partition coefficient (Wildman–Crippen LogP) is 3.91. The zero-order valence-corrected chi connectivity index (χ0v) is 11.1. The van der Waals surface area contributed by atoms with E-state index in [9.17, 15) is 4.39 Å². The third-order valence-electron chi connectivity index (χ3n) is 3.35. The Morgan fingerprint density at radius 3 is 2.84 bits per heavy atom. The summed E-state index contributed by atoms with van der Waals surface area (Å²) in [6.07, 6.45) is 0. The van der Waals surface area contributed by atoms with E-state index in [1.165, 1.54) is 6.07 Å². The van der Waals surface area contributed by atoms with Crippen LogP contribution in [0.15, 0.2) is 42.5 Å². The molecule has 0 bridgehead atoms. The van der Waals surface area contributed by atoms with Crippen LogP contribution in [0.1, 0.15) is 5.56 Å². The van der Waals surface area contributed by atoms with E-state index in [0.717, 1.165) is 24.5 Å². The van der Waals surface area contributed by atoms with E-state index < -0.39 is 0 Å². The molecule has 2 nitrogen and oxygen atoms in total. The maximum Gasteiger partial charge on any atom is 0.129 e. The van der Waals surface area contributed by atoms with Crippen LogP contribution in [-0.2, 0) is 6.54 Å². The van der Waals surface area contributed by atoms with Gasteiger partial charge in [0, 0.05) is 30.2 Å². The molecule has 4 heteroatoms. The van der Waals surface area contributed by atoms with E-state index in [4.69, 9.17) is 11.6 Å². The molecule has 0 saturated heterocycles. The lowest BCUT2D eigenvalue weighted by Crippen LogP contribution is -2.33. The highest BCUT2D eigenvalue weighted by Gasteiger charge is 2.18. The van der Waals surface area contributed by atoms with Gasteiger partial charge in [-0.3, -0.25) is 0 Å². The minimum atomic E-state index is -0.247. The molecule has 2 aromatic carbocycles. The van der Waals surface area contributed by atoms with Gasteiger partial charge in [-0.25, -0.2) is 4.39 Å². The number of benzene rings is 2. The monoisotopic (exact) mass is 276 g/mol. The van der Waals surface area contributed by atoms with E-state index in [1.54, 1.807) is 12.1 Å². The number of nitrogens with one attached hydrogen (secondary N) is 1. The third kappa shape index (κ3) is 2.38. The van der Waals surface area contributed by atoms with Crippen LogP contribution in [0, 0.1) is 5.82 Å². The molecule has 1 N–H and O–H groups in total. The van der Waals surface area contributed by atoms with E-state index in [2.05, 4.69) is 10.2 Å². The lowest BCUT2D eigenvalue weighted by Gasteiger charge is -2.32. The number of hydrogen-bond donors (Lipinski definition) is 1. The van der Waals surface area contributed by atoms with Crippen LogP contribution in [0.3, 0.4) is 0 Å². The first-order chi connectivity index (χ1) is 9.25. The number of rotatable bonds is 2. The number of anilines is 2. The molecule has 2 aromatic rings. The highest BCUT2D eigenvalue weighted by molar-refractivity contribution is 6.31. The average Bonchev–Trinajstić information content (AvgIpc) is 2.43. The highest BCUT2D eigenvalue weighted by Crippen LogP contribution is 2.31. The summed E-state index contributed by atoms with van der Waals surface area (Å²) in [5.74, 6) is -0.247. The zero-order valence-electron chi connectivity index (χ0n) is 10.4. The topological polar surface area (TPSA) is 15.3 Å². The van der Waals surface area contributed by atoms with Crippen molar-refractivity contribution in [2.45, 2.75) is 6.54 Å². The molecule has 0 aliphatic carbocycles. The van der Waals surface area contributed by atoms with E-state index in [1.807, 2.05) is 24.3 Å². The Hall–Kier alpha value is -1.74. The van der Waals surface area contributed by atoms with Crippen LogP contribution in [-0.4, -0.2) is 13.1 Å². The summed E-state index contributed by atoms with van der Waals surface area (Å²) < 4.78 is 13.9. The standard InChI is InChI=1S/C15H14ClFN2/c16-12-4-3-5-13(17)11(12)10-19-9-8-18-14-6-1-2-7-15(14)19/h1-7,18H,8-10H2. The number of fused-ring (bicyclic) bond motifs is 1. The van der Waals surface area contributed by atoms with Gasteiger partial charge in [-0.1, -0.05) is 29.8 Å². The van der Waals surface area contributed by atoms with Crippen molar-refractivity contribution in [1.29, 1.82) is 0 Å². The molecule has 0 amide bonds. The lowest BCUT2D eigenvalue weighted by atomic mass is 10.1. The van der Waals surface area contributed by atoms with Gasteiger partial charge in [0.05, 0.1) is 11.4 Å². The van der Waals surface area contributed by atoms with Crippen molar-refractivity contribution in [3.8, 4) is 0 Å². The van der Waals surface area contributed by atoms with Crippen molar-refractivity contribution < 1.29 is 4.39 Å². The van der Waals surface area contributed by atoms with Crippen molar-refractivity contribution in [3.63, 3.8) is 0 Å². The van der Waals surface area contributed by atoms with Gasteiger partial charge in [0.15, 0.2) is 0 Å². The second-order valence-corrected chi connectivity index (χ2v) is 4.97. The lowest BCUT2D eigenvalue weighted by molar-refractivity contribution is 0.604. The molecule has 0 spiro atoms. The van der Waals surface area contributed by atoms with Gasteiger partial charge < -0.3 is 10.2 Å². The minimum absolute atomic E-state index is 0.247. The average molecular weight is 277 g/mol. The fourth-order valence-corrected chi connectivity index (χ4v) is 2.61. The van der Waals surface area contributed by atoms with Gasteiger partial charge in [-0.2, -0.15) is 0 Å². The summed E-state index contributed by atoms with van der Waals surface area (Å²) in [7, 11) is 0. The Bertz CT molecular complexity index is 580. The smallest absolute Gasteiger partial charge is 0.129 e. The first-order valence-electron chi connectivity index (χ1n) is 6.26. The second kappa shape index (κ2) is 5.10. The Labute approximate surface area is 116 Å². The summed E-state index contributed by atoms with van der Waals surface area (Å²) in [6, 6.07) is 12.9. The maximum atomic E-state index is 13.9. The molecule has 98 valence electrons. The Balaban J connectivity index is 1.93. The Morgan fingerprint density at radius 1 is 1.16 bits per heavy atom. The molecule has 0 aromatic heterocycles. The van der Waals surface area contributed by atoms with E-state index >= 15 is 0 Å². The molecule has 1 aliphatic rings. The first kappa shape index (κ1) is 12.3. The molecule has 0 fully saturated rings. The minimum Gasteiger partial charge on any atom is -0.382 e. The Morgan fingerprint density at radius 2 is 2.00 bits per heavy atom. The van der Waals surface area contributed by atoms with Crippen molar-refractivity contribution in [1.82, 2.24) is 0 Å². The molecular weight excluding hydrogens is 263 g/mol. The van der Waals surface area contributed by atoms with Gasteiger partial charge in [0.25, 0.3) is 0 Å². The first-order valence-corrected chi connectivity index (χ1v) is 6.64. The summed E-state index contributed by atoms with van der Waals surface area (Å²) in [5.41, 5.74) is 2.73. The number of para-hydroxylation sites is 2. The summed E-state index contributed by atoms with van der Waals surface area (Å²) >= 11 is 6.09. The highest BCUT2D eigenvalue weighted by atomic mass is 35.5. The second-order valence-electron chi connectivity index (χ2n) is 4.57. The van der Waals surface area contributed by atoms with Crippen LogP contribution >= 0.6 is 11.6 Å². The quantitative estimate of drug-likeness (QED) is 0.895. The SMILES string of the molecule is Fc1cccc(Cl)c1CN1CCNc2ccccc21. The molecule has 0 unspecified atom stereocenters. The maximum absolute atomic E-state index is 13.9. The van der Waals surface area contributed by atoms with Gasteiger partial charge in [-0.05, 0) is 24.3 Å². The molecule has 0 saturated carbocycles. The fraction of sp³-hybridized carbons (Fsp3) is 0.200. The van der Waals surface area contributed by atoms with E-state index in [-0.39, 0.29) is 5.82 Å². The van der Waals surface area contributed by atoms with Crippen LogP contribution < -0.4 is 10.2 Å². The number of hydrogen-bond acceptors (Lipinski definition) is 2. The van der Waals surface area contributed by atoms with Crippen LogP contribution in [0.5, 0.6) is 0 Å². The fourth-order valence-electron chi connectivity index (χ4n) is 2.38.